The molecule has 2 N–H and O–H groups in total. The maximum atomic E-state index is 12.3. The van der Waals surface area contributed by atoms with E-state index in [-0.39, 0.29) is 12.1 Å². The standard InChI is InChI=1S/C18H20N6O/c1-13-5-6-14(11-19)10-16(13)23-18(25)22-15-4-2-9-24(12-15)17-20-7-3-8-21-17/h3,5-8,10,15H,2,4,9,12H2,1H3,(H2,22,23,25)/t15-/m0/s1. The van der Waals surface area contributed by atoms with Crippen LogP contribution in [0.25, 0.3) is 0 Å². The molecule has 1 saturated heterocycles. The Morgan fingerprint density at radius 1 is 1.36 bits per heavy atom. The highest BCUT2D eigenvalue weighted by Gasteiger charge is 2.23. The Labute approximate surface area is 146 Å². The van der Waals surface area contributed by atoms with Gasteiger partial charge in [-0.1, -0.05) is 6.07 Å². The molecule has 128 valence electrons. The van der Waals surface area contributed by atoms with Crippen molar-refractivity contribution in [2.45, 2.75) is 25.8 Å². The molecule has 0 radical (unpaired) electrons. The molecule has 2 aromatic rings. The van der Waals surface area contributed by atoms with Crippen LogP contribution in [0, 0.1) is 18.3 Å². The number of carbonyl (C=O) groups is 1. The molecular weight excluding hydrogens is 316 g/mol. The van der Waals surface area contributed by atoms with E-state index in [1.54, 1.807) is 30.6 Å². The molecule has 1 atom stereocenters. The van der Waals surface area contributed by atoms with Gasteiger partial charge in [0.15, 0.2) is 0 Å². The van der Waals surface area contributed by atoms with Crippen LogP contribution in [-0.4, -0.2) is 35.1 Å². The molecule has 7 nitrogen and oxygen atoms in total. The number of carbonyl (C=O) groups excluding carboxylic acids is 1. The number of nitrogens with zero attached hydrogens (tertiary/aromatic N) is 4. The molecule has 7 heteroatoms. The van der Waals surface area contributed by atoms with Gasteiger partial charge in [-0.25, -0.2) is 14.8 Å². The predicted molar refractivity (Wildman–Crippen MR) is 95.3 cm³/mol. The highest BCUT2D eigenvalue weighted by molar-refractivity contribution is 5.90. The third-order valence-electron chi connectivity index (χ3n) is 4.21. The number of nitrogens with one attached hydrogen (secondary N) is 2. The van der Waals surface area contributed by atoms with Crippen molar-refractivity contribution in [2.75, 3.05) is 23.3 Å². The molecular formula is C18H20N6O. The number of hydrogen-bond donors (Lipinski definition) is 2. The molecule has 1 aliphatic heterocycles. The van der Waals surface area contributed by atoms with Crippen molar-refractivity contribution >= 4 is 17.7 Å². The summed E-state index contributed by atoms with van der Waals surface area (Å²) in [5.41, 5.74) is 2.08. The van der Waals surface area contributed by atoms with Crippen LogP contribution in [0.2, 0.25) is 0 Å². The van der Waals surface area contributed by atoms with Crippen molar-refractivity contribution in [3.63, 3.8) is 0 Å². The largest absolute Gasteiger partial charge is 0.339 e. The Morgan fingerprint density at radius 3 is 2.92 bits per heavy atom. The minimum Gasteiger partial charge on any atom is -0.339 e. The number of aryl methyl sites for hydroxylation is 1. The average Bonchev–Trinajstić information content (AvgIpc) is 2.64. The zero-order valence-electron chi connectivity index (χ0n) is 14.1. The smallest absolute Gasteiger partial charge is 0.319 e. The average molecular weight is 336 g/mol. The van der Waals surface area contributed by atoms with E-state index in [1.165, 1.54) is 0 Å². The molecule has 1 aromatic carbocycles. The topological polar surface area (TPSA) is 93.9 Å². The summed E-state index contributed by atoms with van der Waals surface area (Å²) in [6, 6.07) is 8.86. The number of anilines is 2. The summed E-state index contributed by atoms with van der Waals surface area (Å²) in [6.45, 7) is 3.45. The summed E-state index contributed by atoms with van der Waals surface area (Å²) in [7, 11) is 0. The number of piperidine rings is 1. The lowest BCUT2D eigenvalue weighted by molar-refractivity contribution is 0.246. The highest BCUT2D eigenvalue weighted by Crippen LogP contribution is 2.18. The summed E-state index contributed by atoms with van der Waals surface area (Å²) in [6.07, 6.45) is 5.31. The fraction of sp³-hybridized carbons (Fsp3) is 0.333. The second-order valence-corrected chi connectivity index (χ2v) is 6.07. The van der Waals surface area contributed by atoms with E-state index in [2.05, 4.69) is 31.6 Å². The van der Waals surface area contributed by atoms with Crippen LogP contribution in [0.15, 0.2) is 36.7 Å². The van der Waals surface area contributed by atoms with Gasteiger partial charge in [-0.2, -0.15) is 5.26 Å². The zero-order valence-corrected chi connectivity index (χ0v) is 14.1. The van der Waals surface area contributed by atoms with Gasteiger partial charge in [-0.3, -0.25) is 0 Å². The van der Waals surface area contributed by atoms with Gasteiger partial charge >= 0.3 is 6.03 Å². The van der Waals surface area contributed by atoms with Crippen LogP contribution < -0.4 is 15.5 Å². The number of hydrogen-bond acceptors (Lipinski definition) is 5. The Balaban J connectivity index is 1.60. The Bertz CT molecular complexity index is 786. The predicted octanol–water partition coefficient (Wildman–Crippen LogP) is 2.45. The summed E-state index contributed by atoms with van der Waals surface area (Å²) < 4.78 is 0. The first-order valence-electron chi connectivity index (χ1n) is 8.26. The number of aromatic nitrogens is 2. The van der Waals surface area contributed by atoms with E-state index in [9.17, 15) is 4.79 Å². The van der Waals surface area contributed by atoms with E-state index in [0.29, 0.717) is 23.7 Å². The molecule has 0 saturated carbocycles. The fourth-order valence-corrected chi connectivity index (χ4v) is 2.90. The van der Waals surface area contributed by atoms with E-state index in [4.69, 9.17) is 5.26 Å². The lowest BCUT2D eigenvalue weighted by Crippen LogP contribution is -2.49. The highest BCUT2D eigenvalue weighted by atomic mass is 16.2. The minimum atomic E-state index is -0.265. The number of nitriles is 1. The van der Waals surface area contributed by atoms with Crippen LogP contribution in [-0.2, 0) is 0 Å². The van der Waals surface area contributed by atoms with Crippen LogP contribution in [0.4, 0.5) is 16.4 Å². The summed E-state index contributed by atoms with van der Waals surface area (Å²) >= 11 is 0. The minimum absolute atomic E-state index is 0.0250. The molecule has 1 aliphatic rings. The molecule has 1 fully saturated rings. The maximum absolute atomic E-state index is 12.3. The lowest BCUT2D eigenvalue weighted by atomic mass is 10.1. The van der Waals surface area contributed by atoms with Gasteiger partial charge in [-0.15, -0.1) is 0 Å². The van der Waals surface area contributed by atoms with Crippen molar-refractivity contribution in [1.29, 1.82) is 5.26 Å². The second-order valence-electron chi connectivity index (χ2n) is 6.07. The lowest BCUT2D eigenvalue weighted by Gasteiger charge is -2.33. The molecule has 1 aromatic heterocycles. The van der Waals surface area contributed by atoms with Gasteiger partial charge < -0.3 is 15.5 Å². The molecule has 25 heavy (non-hydrogen) atoms. The Hall–Kier alpha value is -3.14. The van der Waals surface area contributed by atoms with E-state index in [1.807, 2.05) is 13.0 Å². The van der Waals surface area contributed by atoms with E-state index in [0.717, 1.165) is 24.9 Å². The van der Waals surface area contributed by atoms with Gasteiger partial charge in [0.1, 0.15) is 0 Å². The molecule has 3 rings (SSSR count). The summed E-state index contributed by atoms with van der Waals surface area (Å²) in [4.78, 5) is 22.9. The van der Waals surface area contributed by atoms with Gasteiger partial charge in [0, 0.05) is 37.2 Å². The van der Waals surface area contributed by atoms with Crippen LogP contribution in [0.3, 0.4) is 0 Å². The molecule has 0 spiro atoms. The molecule has 2 heterocycles. The van der Waals surface area contributed by atoms with Crippen LogP contribution in [0.1, 0.15) is 24.0 Å². The third-order valence-corrected chi connectivity index (χ3v) is 4.21. The van der Waals surface area contributed by atoms with E-state index < -0.39 is 0 Å². The fourth-order valence-electron chi connectivity index (χ4n) is 2.90. The zero-order chi connectivity index (χ0) is 17.6. The second kappa shape index (κ2) is 7.62. The van der Waals surface area contributed by atoms with Gasteiger partial charge in [0.05, 0.1) is 11.6 Å². The molecule has 0 unspecified atom stereocenters. The summed E-state index contributed by atoms with van der Waals surface area (Å²) in [5.74, 6) is 0.687. The number of urea groups is 1. The van der Waals surface area contributed by atoms with Gasteiger partial charge in [-0.05, 0) is 43.5 Å². The van der Waals surface area contributed by atoms with Crippen molar-refractivity contribution in [3.05, 3.63) is 47.8 Å². The first kappa shape index (κ1) is 16.7. The number of rotatable bonds is 3. The summed E-state index contributed by atoms with van der Waals surface area (Å²) in [5, 5.41) is 14.8. The van der Waals surface area contributed by atoms with Gasteiger partial charge in [0.2, 0.25) is 5.95 Å². The maximum Gasteiger partial charge on any atom is 0.319 e. The van der Waals surface area contributed by atoms with Crippen LogP contribution in [0.5, 0.6) is 0 Å². The SMILES string of the molecule is Cc1ccc(C#N)cc1NC(=O)N[C@H]1CCCN(c2ncccn2)C1. The first-order valence-corrected chi connectivity index (χ1v) is 8.26. The van der Waals surface area contributed by atoms with Crippen LogP contribution >= 0.6 is 0 Å². The Kier molecular flexibility index (Phi) is 5.09. The van der Waals surface area contributed by atoms with Crippen molar-refractivity contribution < 1.29 is 4.79 Å². The van der Waals surface area contributed by atoms with E-state index >= 15 is 0 Å². The van der Waals surface area contributed by atoms with Crippen molar-refractivity contribution in [2.24, 2.45) is 0 Å². The molecule has 2 amide bonds. The van der Waals surface area contributed by atoms with Crippen molar-refractivity contribution in [3.8, 4) is 6.07 Å². The first-order chi connectivity index (χ1) is 12.2. The molecule has 0 bridgehead atoms. The quantitative estimate of drug-likeness (QED) is 0.898. The normalized spacial score (nSPS) is 16.8. The third kappa shape index (κ3) is 4.23. The number of benzene rings is 1. The molecule has 0 aliphatic carbocycles. The Morgan fingerprint density at radius 2 is 2.16 bits per heavy atom. The van der Waals surface area contributed by atoms with Gasteiger partial charge in [0.25, 0.3) is 0 Å². The van der Waals surface area contributed by atoms with Crippen molar-refractivity contribution in [1.82, 2.24) is 15.3 Å². The monoisotopic (exact) mass is 336 g/mol. The number of amides is 2.